The van der Waals surface area contributed by atoms with Gasteiger partial charge in [0.05, 0.1) is 13.2 Å². The summed E-state index contributed by atoms with van der Waals surface area (Å²) in [5.74, 6) is 1.84. The molecule has 0 aliphatic carbocycles. The van der Waals surface area contributed by atoms with Crippen molar-refractivity contribution in [2.75, 3.05) is 6.61 Å². The predicted molar refractivity (Wildman–Crippen MR) is 74.0 cm³/mol. The second kappa shape index (κ2) is 5.02. The molecule has 0 saturated heterocycles. The maximum absolute atomic E-state index is 5.78. The van der Waals surface area contributed by atoms with Crippen molar-refractivity contribution in [3.05, 3.63) is 30.0 Å². The number of rotatable bonds is 4. The van der Waals surface area contributed by atoms with E-state index in [9.17, 15) is 0 Å². The van der Waals surface area contributed by atoms with Gasteiger partial charge < -0.3 is 14.5 Å². The highest BCUT2D eigenvalue weighted by Gasteiger charge is 2.11. The molecule has 1 aromatic heterocycles. The average molecular weight is 247 g/mol. The number of fused-ring (bicyclic) bond motifs is 1. The summed E-state index contributed by atoms with van der Waals surface area (Å²) in [6.45, 7) is 9.83. The largest absolute Gasteiger partial charge is 0.494 e. The van der Waals surface area contributed by atoms with E-state index in [0.717, 1.165) is 29.0 Å². The van der Waals surface area contributed by atoms with Crippen LogP contribution in [-0.2, 0) is 6.54 Å². The van der Waals surface area contributed by atoms with E-state index in [0.29, 0.717) is 6.61 Å². The molecule has 18 heavy (non-hydrogen) atoms. The monoisotopic (exact) mass is 247 g/mol. The molecule has 0 fully saturated rings. The molecule has 0 bridgehead atoms. The molecular formula is C15H21NO2. The quantitative estimate of drug-likeness (QED) is 0.894. The van der Waals surface area contributed by atoms with Crippen molar-refractivity contribution in [2.24, 2.45) is 0 Å². The van der Waals surface area contributed by atoms with E-state index < -0.39 is 0 Å². The minimum Gasteiger partial charge on any atom is -0.494 e. The Labute approximate surface area is 108 Å². The van der Waals surface area contributed by atoms with Crippen LogP contribution in [0.1, 0.15) is 33.5 Å². The highest BCUT2D eigenvalue weighted by atomic mass is 16.5. The molecule has 3 heteroatoms. The van der Waals surface area contributed by atoms with E-state index in [-0.39, 0.29) is 5.54 Å². The molecule has 0 saturated carbocycles. The number of furan rings is 1. The van der Waals surface area contributed by atoms with Gasteiger partial charge >= 0.3 is 0 Å². The summed E-state index contributed by atoms with van der Waals surface area (Å²) in [6, 6.07) is 7.98. The second-order valence-electron chi connectivity index (χ2n) is 5.45. The van der Waals surface area contributed by atoms with Crippen molar-refractivity contribution >= 4 is 11.0 Å². The third kappa shape index (κ3) is 3.26. The van der Waals surface area contributed by atoms with Gasteiger partial charge in [-0.3, -0.25) is 0 Å². The topological polar surface area (TPSA) is 34.4 Å². The van der Waals surface area contributed by atoms with Crippen LogP contribution >= 0.6 is 0 Å². The zero-order valence-electron chi connectivity index (χ0n) is 11.5. The van der Waals surface area contributed by atoms with E-state index in [1.165, 1.54) is 0 Å². The number of nitrogens with one attached hydrogen (secondary N) is 1. The molecule has 0 aliphatic heterocycles. The van der Waals surface area contributed by atoms with Crippen LogP contribution < -0.4 is 10.1 Å². The van der Waals surface area contributed by atoms with Crippen LogP contribution in [0.3, 0.4) is 0 Å². The van der Waals surface area contributed by atoms with Gasteiger partial charge in [0.15, 0.2) is 0 Å². The molecule has 98 valence electrons. The second-order valence-corrected chi connectivity index (χ2v) is 5.45. The van der Waals surface area contributed by atoms with Gasteiger partial charge in [-0.25, -0.2) is 0 Å². The maximum atomic E-state index is 5.78. The maximum Gasteiger partial charge on any atom is 0.134 e. The van der Waals surface area contributed by atoms with Crippen LogP contribution in [0.15, 0.2) is 28.7 Å². The zero-order chi connectivity index (χ0) is 13.2. The SMILES string of the molecule is CCOc1ccc2oc(CNC(C)(C)C)cc2c1. The number of hydrogen-bond acceptors (Lipinski definition) is 3. The van der Waals surface area contributed by atoms with Gasteiger partial charge in [0, 0.05) is 10.9 Å². The average Bonchev–Trinajstić information content (AvgIpc) is 2.68. The third-order valence-corrected chi connectivity index (χ3v) is 2.64. The van der Waals surface area contributed by atoms with E-state index in [2.05, 4.69) is 32.2 Å². The highest BCUT2D eigenvalue weighted by molar-refractivity contribution is 5.79. The molecule has 2 rings (SSSR count). The van der Waals surface area contributed by atoms with E-state index in [4.69, 9.17) is 9.15 Å². The summed E-state index contributed by atoms with van der Waals surface area (Å²) in [7, 11) is 0. The molecule has 0 unspecified atom stereocenters. The summed E-state index contributed by atoms with van der Waals surface area (Å²) >= 11 is 0. The smallest absolute Gasteiger partial charge is 0.134 e. The minimum absolute atomic E-state index is 0.0927. The van der Waals surface area contributed by atoms with Gasteiger partial charge in [0.2, 0.25) is 0 Å². The van der Waals surface area contributed by atoms with Crippen molar-refractivity contribution in [2.45, 2.75) is 39.8 Å². The summed E-state index contributed by atoms with van der Waals surface area (Å²) < 4.78 is 11.3. The molecule has 0 spiro atoms. The zero-order valence-corrected chi connectivity index (χ0v) is 11.5. The number of ether oxygens (including phenoxy) is 1. The molecule has 0 aliphatic rings. The molecule has 0 amide bonds. The van der Waals surface area contributed by atoms with Gasteiger partial charge in [0.25, 0.3) is 0 Å². The molecule has 3 nitrogen and oxygen atoms in total. The summed E-state index contributed by atoms with van der Waals surface area (Å²) in [4.78, 5) is 0. The standard InChI is InChI=1S/C15H21NO2/c1-5-17-12-6-7-14-11(8-12)9-13(18-14)10-16-15(2,3)4/h6-9,16H,5,10H2,1-4H3. The first-order valence-corrected chi connectivity index (χ1v) is 6.38. The Morgan fingerprint density at radius 1 is 1.22 bits per heavy atom. The third-order valence-electron chi connectivity index (χ3n) is 2.64. The first-order valence-electron chi connectivity index (χ1n) is 6.38. The van der Waals surface area contributed by atoms with Crippen LogP contribution in [0.25, 0.3) is 11.0 Å². The van der Waals surface area contributed by atoms with Gasteiger partial charge in [0.1, 0.15) is 17.1 Å². The van der Waals surface area contributed by atoms with Crippen LogP contribution in [0.5, 0.6) is 5.75 Å². The van der Waals surface area contributed by atoms with Gasteiger partial charge in [-0.2, -0.15) is 0 Å². The fraction of sp³-hybridized carbons (Fsp3) is 0.467. The number of benzene rings is 1. The highest BCUT2D eigenvalue weighted by Crippen LogP contribution is 2.24. The molecule has 1 aromatic carbocycles. The summed E-state index contributed by atoms with van der Waals surface area (Å²) in [5.41, 5.74) is 0.999. The fourth-order valence-electron chi connectivity index (χ4n) is 1.77. The lowest BCUT2D eigenvalue weighted by atomic mass is 10.1. The van der Waals surface area contributed by atoms with E-state index >= 15 is 0 Å². The molecule has 2 aromatic rings. The molecular weight excluding hydrogens is 226 g/mol. The Kier molecular flexibility index (Phi) is 3.62. The number of hydrogen-bond donors (Lipinski definition) is 1. The first kappa shape index (κ1) is 13.0. The van der Waals surface area contributed by atoms with Crippen LogP contribution in [0.4, 0.5) is 0 Å². The van der Waals surface area contributed by atoms with Gasteiger partial charge in [-0.1, -0.05) is 0 Å². The summed E-state index contributed by atoms with van der Waals surface area (Å²) in [5, 5.41) is 4.50. The van der Waals surface area contributed by atoms with Crippen molar-refractivity contribution < 1.29 is 9.15 Å². The van der Waals surface area contributed by atoms with Gasteiger partial charge in [-0.15, -0.1) is 0 Å². The van der Waals surface area contributed by atoms with Crippen LogP contribution in [0.2, 0.25) is 0 Å². The molecule has 1 heterocycles. The Bertz CT molecular complexity index is 523. The Morgan fingerprint density at radius 2 is 2.00 bits per heavy atom. The Hall–Kier alpha value is -1.48. The fourth-order valence-corrected chi connectivity index (χ4v) is 1.77. The molecule has 0 atom stereocenters. The van der Waals surface area contributed by atoms with Crippen LogP contribution in [0, 0.1) is 0 Å². The van der Waals surface area contributed by atoms with Crippen molar-refractivity contribution in [1.29, 1.82) is 0 Å². The lowest BCUT2D eigenvalue weighted by molar-refractivity contribution is 0.340. The normalized spacial score (nSPS) is 12.0. The van der Waals surface area contributed by atoms with Crippen LogP contribution in [-0.4, -0.2) is 12.1 Å². The van der Waals surface area contributed by atoms with Crippen molar-refractivity contribution in [1.82, 2.24) is 5.32 Å². The predicted octanol–water partition coefficient (Wildman–Crippen LogP) is 3.72. The first-order chi connectivity index (χ1) is 8.48. The Balaban J connectivity index is 2.16. The van der Waals surface area contributed by atoms with Crippen molar-refractivity contribution in [3.8, 4) is 5.75 Å². The minimum atomic E-state index is 0.0927. The van der Waals surface area contributed by atoms with E-state index in [1.807, 2.05) is 25.1 Å². The lowest BCUT2D eigenvalue weighted by Crippen LogP contribution is -2.34. The molecule has 0 radical (unpaired) electrons. The Morgan fingerprint density at radius 3 is 2.67 bits per heavy atom. The van der Waals surface area contributed by atoms with E-state index in [1.54, 1.807) is 0 Å². The summed E-state index contributed by atoms with van der Waals surface area (Å²) in [6.07, 6.45) is 0. The van der Waals surface area contributed by atoms with Crippen molar-refractivity contribution in [3.63, 3.8) is 0 Å². The lowest BCUT2D eigenvalue weighted by Gasteiger charge is -2.19. The molecule has 1 N–H and O–H groups in total. The van der Waals surface area contributed by atoms with Gasteiger partial charge in [-0.05, 0) is 52.0 Å².